The zero-order chi connectivity index (χ0) is 17.4. The van der Waals surface area contributed by atoms with E-state index in [4.69, 9.17) is 4.74 Å². The minimum atomic E-state index is -0.414. The first-order chi connectivity index (χ1) is 11.4. The Morgan fingerprint density at radius 2 is 2.08 bits per heavy atom. The number of anilines is 1. The molecule has 2 aromatic rings. The van der Waals surface area contributed by atoms with Gasteiger partial charge in [-0.05, 0) is 50.6 Å². The van der Waals surface area contributed by atoms with Crippen LogP contribution in [0.3, 0.4) is 0 Å². The van der Waals surface area contributed by atoms with E-state index in [1.54, 1.807) is 26.8 Å². The number of esters is 1. The van der Waals surface area contributed by atoms with Crippen LogP contribution in [0.4, 0.5) is 10.1 Å². The third-order valence-electron chi connectivity index (χ3n) is 4.01. The molecule has 0 spiro atoms. The number of halogens is 1. The van der Waals surface area contributed by atoms with Crippen LogP contribution in [0.25, 0.3) is 11.6 Å². The third-order valence-corrected chi connectivity index (χ3v) is 4.01. The van der Waals surface area contributed by atoms with Gasteiger partial charge in [0.1, 0.15) is 5.82 Å². The number of carbonyl (C=O) groups is 2. The number of H-pyrrole nitrogens is 1. The molecule has 1 aromatic carbocycles. The highest BCUT2D eigenvalue weighted by atomic mass is 19.1. The summed E-state index contributed by atoms with van der Waals surface area (Å²) in [6.07, 6.45) is 1.63. The van der Waals surface area contributed by atoms with Crippen molar-refractivity contribution in [2.45, 2.75) is 20.8 Å². The summed E-state index contributed by atoms with van der Waals surface area (Å²) < 4.78 is 18.6. The molecule has 1 aromatic heterocycles. The standard InChI is InChI=1S/C18H17FN2O3/c1-4-24-18(23)16-9(2)15(20-10(16)3)8-13-12-7-11(19)5-6-14(12)21-17(13)22/h5-8,20H,4H2,1-3H3,(H,21,22). The molecule has 3 rings (SSSR count). The van der Waals surface area contributed by atoms with Crippen molar-refractivity contribution in [1.82, 2.24) is 4.98 Å². The minimum Gasteiger partial charge on any atom is -0.462 e. The largest absolute Gasteiger partial charge is 0.462 e. The van der Waals surface area contributed by atoms with Crippen molar-refractivity contribution in [3.05, 3.63) is 52.1 Å². The number of hydrogen-bond acceptors (Lipinski definition) is 3. The van der Waals surface area contributed by atoms with E-state index < -0.39 is 11.8 Å². The highest BCUT2D eigenvalue weighted by Crippen LogP contribution is 2.34. The molecule has 0 fully saturated rings. The van der Waals surface area contributed by atoms with Crippen LogP contribution < -0.4 is 5.32 Å². The summed E-state index contributed by atoms with van der Waals surface area (Å²) in [5.74, 6) is -1.13. The number of aryl methyl sites for hydroxylation is 1. The molecule has 2 N–H and O–H groups in total. The lowest BCUT2D eigenvalue weighted by Crippen LogP contribution is -2.06. The number of carbonyl (C=O) groups excluding carboxylic acids is 2. The Morgan fingerprint density at radius 1 is 1.33 bits per heavy atom. The first-order valence-corrected chi connectivity index (χ1v) is 7.61. The number of benzene rings is 1. The number of aromatic amines is 1. The normalized spacial score (nSPS) is 14.7. The van der Waals surface area contributed by atoms with Crippen LogP contribution in [0, 0.1) is 19.7 Å². The molecule has 2 heterocycles. The molecule has 124 valence electrons. The van der Waals surface area contributed by atoms with Crippen molar-refractivity contribution < 1.29 is 18.7 Å². The van der Waals surface area contributed by atoms with Gasteiger partial charge in [-0.1, -0.05) is 0 Å². The van der Waals surface area contributed by atoms with E-state index in [9.17, 15) is 14.0 Å². The number of fused-ring (bicyclic) bond motifs is 1. The van der Waals surface area contributed by atoms with Crippen LogP contribution in [-0.2, 0) is 9.53 Å². The Morgan fingerprint density at radius 3 is 2.79 bits per heavy atom. The third kappa shape index (κ3) is 2.60. The number of aromatic nitrogens is 1. The van der Waals surface area contributed by atoms with Crippen LogP contribution in [0.5, 0.6) is 0 Å². The fourth-order valence-electron chi connectivity index (χ4n) is 2.88. The Bertz CT molecular complexity index is 881. The smallest absolute Gasteiger partial charge is 0.340 e. The summed E-state index contributed by atoms with van der Waals surface area (Å²) in [4.78, 5) is 27.3. The Kier molecular flexibility index (Phi) is 3.97. The van der Waals surface area contributed by atoms with Crippen molar-refractivity contribution in [3.63, 3.8) is 0 Å². The maximum atomic E-state index is 13.5. The van der Waals surface area contributed by atoms with Crippen molar-refractivity contribution in [2.75, 3.05) is 11.9 Å². The second-order valence-electron chi connectivity index (χ2n) is 5.59. The summed E-state index contributed by atoms with van der Waals surface area (Å²) >= 11 is 0. The summed E-state index contributed by atoms with van der Waals surface area (Å²) in [5.41, 5.74) is 3.86. The molecule has 0 unspecified atom stereocenters. The molecule has 5 nitrogen and oxygen atoms in total. The SMILES string of the molecule is CCOC(=O)c1c(C)[nH]c(C=C2C(=O)Nc3ccc(F)cc32)c1C. The fourth-order valence-corrected chi connectivity index (χ4v) is 2.88. The molecule has 1 amide bonds. The zero-order valence-electron chi connectivity index (χ0n) is 13.6. The molecular formula is C18H17FN2O3. The molecule has 0 saturated heterocycles. The van der Waals surface area contributed by atoms with Crippen LogP contribution >= 0.6 is 0 Å². The molecule has 24 heavy (non-hydrogen) atoms. The number of nitrogens with one attached hydrogen (secondary N) is 2. The fraction of sp³-hybridized carbons (Fsp3) is 0.222. The van der Waals surface area contributed by atoms with Gasteiger partial charge in [-0.2, -0.15) is 0 Å². The van der Waals surface area contributed by atoms with Crippen LogP contribution in [0.15, 0.2) is 18.2 Å². The maximum Gasteiger partial charge on any atom is 0.340 e. The Balaban J connectivity index is 2.08. The Hall–Kier alpha value is -2.89. The predicted octanol–water partition coefficient (Wildman–Crippen LogP) is 3.44. The number of ether oxygens (including phenoxy) is 1. The van der Waals surface area contributed by atoms with Gasteiger partial charge in [0.2, 0.25) is 0 Å². The molecule has 6 heteroatoms. The topological polar surface area (TPSA) is 71.2 Å². The van der Waals surface area contributed by atoms with E-state index in [1.165, 1.54) is 18.2 Å². The van der Waals surface area contributed by atoms with Gasteiger partial charge in [-0.15, -0.1) is 0 Å². The van der Waals surface area contributed by atoms with Gasteiger partial charge < -0.3 is 15.0 Å². The quantitative estimate of drug-likeness (QED) is 0.670. The lowest BCUT2D eigenvalue weighted by atomic mass is 10.0. The van der Waals surface area contributed by atoms with Crippen molar-refractivity contribution in [3.8, 4) is 0 Å². The van der Waals surface area contributed by atoms with Crippen molar-refractivity contribution >= 4 is 29.2 Å². The Labute approximate surface area is 138 Å². The van der Waals surface area contributed by atoms with E-state index in [0.29, 0.717) is 39.3 Å². The predicted molar refractivity (Wildman–Crippen MR) is 89.1 cm³/mol. The lowest BCUT2D eigenvalue weighted by Gasteiger charge is -2.02. The highest BCUT2D eigenvalue weighted by Gasteiger charge is 2.26. The molecule has 0 saturated carbocycles. The zero-order valence-corrected chi connectivity index (χ0v) is 13.6. The van der Waals surface area contributed by atoms with Gasteiger partial charge >= 0.3 is 5.97 Å². The molecule has 0 atom stereocenters. The number of hydrogen-bond donors (Lipinski definition) is 2. The summed E-state index contributed by atoms with van der Waals surface area (Å²) in [7, 11) is 0. The first-order valence-electron chi connectivity index (χ1n) is 7.61. The average molecular weight is 328 g/mol. The average Bonchev–Trinajstić information content (AvgIpc) is 2.97. The van der Waals surface area contributed by atoms with E-state index in [1.807, 2.05) is 0 Å². The van der Waals surface area contributed by atoms with Gasteiger partial charge in [0, 0.05) is 22.6 Å². The van der Waals surface area contributed by atoms with Crippen LogP contribution in [0.1, 0.15) is 39.8 Å². The monoisotopic (exact) mass is 328 g/mol. The van der Waals surface area contributed by atoms with E-state index in [0.717, 1.165) is 0 Å². The second-order valence-corrected chi connectivity index (χ2v) is 5.59. The highest BCUT2D eigenvalue weighted by molar-refractivity contribution is 6.34. The van der Waals surface area contributed by atoms with Gasteiger partial charge in [-0.3, -0.25) is 4.79 Å². The maximum absolute atomic E-state index is 13.5. The number of rotatable bonds is 3. The molecule has 0 bridgehead atoms. The first kappa shape index (κ1) is 16.0. The number of amides is 1. The van der Waals surface area contributed by atoms with E-state index in [2.05, 4.69) is 10.3 Å². The van der Waals surface area contributed by atoms with Crippen LogP contribution in [0.2, 0.25) is 0 Å². The van der Waals surface area contributed by atoms with Crippen molar-refractivity contribution in [1.29, 1.82) is 0 Å². The van der Waals surface area contributed by atoms with E-state index in [-0.39, 0.29) is 12.5 Å². The minimum absolute atomic E-state index is 0.286. The second kappa shape index (κ2) is 5.96. The molecule has 0 radical (unpaired) electrons. The molecule has 0 aliphatic carbocycles. The van der Waals surface area contributed by atoms with Gasteiger partial charge in [-0.25, -0.2) is 9.18 Å². The summed E-state index contributed by atoms with van der Waals surface area (Å²) in [6, 6.07) is 4.14. The van der Waals surface area contributed by atoms with Crippen molar-refractivity contribution in [2.24, 2.45) is 0 Å². The molecular weight excluding hydrogens is 311 g/mol. The molecule has 1 aliphatic heterocycles. The summed E-state index contributed by atoms with van der Waals surface area (Å²) in [6.45, 7) is 5.58. The summed E-state index contributed by atoms with van der Waals surface area (Å²) in [5, 5.41) is 2.70. The van der Waals surface area contributed by atoms with Gasteiger partial charge in [0.25, 0.3) is 5.91 Å². The van der Waals surface area contributed by atoms with Gasteiger partial charge in [0.05, 0.1) is 17.7 Å². The van der Waals surface area contributed by atoms with Crippen LogP contribution in [-0.4, -0.2) is 23.5 Å². The van der Waals surface area contributed by atoms with Gasteiger partial charge in [0.15, 0.2) is 0 Å². The molecule has 1 aliphatic rings. The lowest BCUT2D eigenvalue weighted by molar-refractivity contribution is -0.110. The van der Waals surface area contributed by atoms with E-state index >= 15 is 0 Å².